The lowest BCUT2D eigenvalue weighted by Gasteiger charge is -2.56. The first-order valence-electron chi connectivity index (χ1n) is 29.6. The fraction of sp³-hybridized carbons (Fsp3) is 0.466. The van der Waals surface area contributed by atoms with Crippen LogP contribution in [0.15, 0.2) is 122 Å². The van der Waals surface area contributed by atoms with Crippen LogP contribution in [-0.2, 0) is 28.8 Å². The van der Waals surface area contributed by atoms with E-state index in [9.17, 15) is 44.6 Å². The highest BCUT2D eigenvalue weighted by atomic mass is 16.1. The number of nitrogens with zero attached hydrogens (tertiary/aromatic N) is 8. The minimum Gasteiger partial charge on any atom is -0.307 e. The van der Waals surface area contributed by atoms with Crippen molar-refractivity contribution in [3.8, 4) is 53.7 Å². The molecule has 2 aliphatic heterocycles. The number of ketones is 6. The lowest BCUT2D eigenvalue weighted by molar-refractivity contribution is -0.130. The van der Waals surface area contributed by atoms with Crippen molar-refractivity contribution in [2.45, 2.75) is 127 Å². The maximum Gasteiger partial charge on any atom is 0.226 e. The van der Waals surface area contributed by atoms with Crippen LogP contribution in [-0.4, -0.2) is 64.9 Å². The van der Waals surface area contributed by atoms with Crippen molar-refractivity contribution in [2.75, 3.05) is 19.6 Å². The molecule has 11 rings (SSSR count). The van der Waals surface area contributed by atoms with Gasteiger partial charge in [0.25, 0.3) is 0 Å². The Hall–Kier alpha value is -9.33. The van der Waals surface area contributed by atoms with Gasteiger partial charge in [0, 0.05) is 45.1 Å². The van der Waals surface area contributed by atoms with Gasteiger partial charge in [-0.25, -0.2) is 14.5 Å². The number of allylic oxidation sites excluding steroid dienone is 19. The molecule has 2 heterocycles. The zero-order chi connectivity index (χ0) is 63.5. The Bertz CT molecular complexity index is 4070. The standard InChI is InChI=1S/C26H27N3O2.C25H21N3O2.C22H20N2O2/c1-24(2)21-8-10-26(9-7-13-29-11-5-6-12-29)15-18(17-27)20(30)14-22(26)25(21,3)16-19(28-4)23(24)31;1-23(2)20-8-10-25(9-7-17-6-5-11-28-17)13-16(15-26)19(29)12-21(25)24(20,3)14-18(27-4)22(23)30;1-6-8-22-9-7-17-20(2,3)19(26)15(24-5)12-21(17,4)18(22)10-16(25)14(11-22)13-23/h14-16,21H,5-6,8,10-13H2,1-3H3;5,11-14,20H,6,8,10H2,1-3H3;10-12,17H,7,9H2,1-4H3. The number of aliphatic imine (C=N–C) groups is 1. The Morgan fingerprint density at radius 2 is 0.897 bits per heavy atom. The van der Waals surface area contributed by atoms with Crippen molar-refractivity contribution in [1.82, 2.24) is 4.90 Å². The predicted octanol–water partition coefficient (Wildman–Crippen LogP) is 11.8. The van der Waals surface area contributed by atoms with Gasteiger partial charge in [0.15, 0.2) is 34.7 Å². The van der Waals surface area contributed by atoms with Gasteiger partial charge >= 0.3 is 0 Å². The number of carbonyl (C=O) groups excluding carboxylic acids is 6. The van der Waals surface area contributed by atoms with E-state index in [0.29, 0.717) is 38.6 Å². The van der Waals surface area contributed by atoms with E-state index in [4.69, 9.17) is 19.7 Å². The molecule has 0 radical (unpaired) electrons. The topological polar surface area (TPSA) is 202 Å². The van der Waals surface area contributed by atoms with Crippen LogP contribution >= 0.6 is 0 Å². The van der Waals surface area contributed by atoms with Crippen LogP contribution in [0, 0.1) is 156 Å². The Labute approximate surface area is 511 Å². The summed E-state index contributed by atoms with van der Waals surface area (Å²) in [7, 11) is 0. The summed E-state index contributed by atoms with van der Waals surface area (Å²) < 4.78 is 0. The number of likely N-dealkylation sites (tertiary alicyclic amines) is 1. The second kappa shape index (κ2) is 22.2. The average molecular weight is 1150 g/mol. The van der Waals surface area contributed by atoms with Crippen LogP contribution < -0.4 is 0 Å². The number of fused-ring (bicyclic) bond motifs is 9. The molecule has 3 saturated carbocycles. The summed E-state index contributed by atoms with van der Waals surface area (Å²) in [6.45, 7) is 44.4. The maximum absolute atomic E-state index is 12.9. The molecule has 1 saturated heterocycles. The molecule has 0 bridgehead atoms. The molecule has 0 aromatic carbocycles. The SMILES string of the molecule is [C-]#[N+]C1=CC2(C)C3=CC(=O)C(C#N)=CC3(C#CC)CCC2C(C)(C)C1=O.[C-]#[N+]C1=CC2(C)C3=CC(=O)C(C#N)=CC3(C#CC3=NC=CC3)CCC2C(C)(C)C1=O.[C-]#[N+]C1=CC2(C)C3=CC(=O)C(C#N)=CC3(C#CCN3CCCC3)CCC2C(C)(C)C1=O. The largest absolute Gasteiger partial charge is 0.307 e. The quantitative estimate of drug-likeness (QED) is 0.179. The smallest absolute Gasteiger partial charge is 0.226 e. The molecule has 9 aliphatic carbocycles. The van der Waals surface area contributed by atoms with Gasteiger partial charge in [0.05, 0.1) is 64.9 Å². The van der Waals surface area contributed by atoms with Crippen LogP contribution in [0.2, 0.25) is 0 Å². The van der Waals surface area contributed by atoms with E-state index >= 15 is 0 Å². The number of hydrogen-bond donors (Lipinski definition) is 0. The highest BCUT2D eigenvalue weighted by molar-refractivity contribution is 6.12. The fourth-order valence-corrected chi connectivity index (χ4v) is 16.8. The van der Waals surface area contributed by atoms with Crippen molar-refractivity contribution in [3.63, 3.8) is 0 Å². The zero-order valence-electron chi connectivity index (χ0n) is 51.1. The second-order valence-electron chi connectivity index (χ2n) is 27.0. The average Bonchev–Trinajstić information content (AvgIpc) is 0.941. The van der Waals surface area contributed by atoms with E-state index in [2.05, 4.69) is 59.9 Å². The van der Waals surface area contributed by atoms with Gasteiger partial charge in [-0.15, -0.1) is 5.92 Å². The van der Waals surface area contributed by atoms with Crippen LogP contribution in [0.25, 0.3) is 14.5 Å². The van der Waals surface area contributed by atoms with Gasteiger partial charge in [-0.1, -0.05) is 110 Å². The van der Waals surface area contributed by atoms with Crippen molar-refractivity contribution in [2.24, 2.45) is 71.5 Å². The van der Waals surface area contributed by atoms with Crippen molar-refractivity contribution < 1.29 is 28.8 Å². The van der Waals surface area contributed by atoms with Crippen LogP contribution in [0.5, 0.6) is 0 Å². The number of rotatable bonds is 1. The number of hydrogen-bond acceptors (Lipinski definition) is 11. The van der Waals surface area contributed by atoms with E-state index in [0.717, 1.165) is 48.4 Å². The summed E-state index contributed by atoms with van der Waals surface area (Å²) in [6.07, 6.45) is 25.7. The Morgan fingerprint density at radius 3 is 1.22 bits per heavy atom. The molecule has 0 aromatic heterocycles. The third-order valence-corrected chi connectivity index (χ3v) is 21.0. The van der Waals surface area contributed by atoms with Crippen LogP contribution in [0.3, 0.4) is 0 Å². The summed E-state index contributed by atoms with van der Waals surface area (Å²) in [5, 5.41) is 28.3. The number of Topliss-reactive ketones (excluding diaryl/α,β-unsaturated/α-hetero) is 3. The number of nitriles is 3. The summed E-state index contributed by atoms with van der Waals surface area (Å²) in [6, 6.07) is 6.03. The normalized spacial score (nSPS) is 34.0. The van der Waals surface area contributed by atoms with Crippen molar-refractivity contribution in [1.29, 1.82) is 15.8 Å². The summed E-state index contributed by atoms with van der Waals surface area (Å²) >= 11 is 0. The summed E-state index contributed by atoms with van der Waals surface area (Å²) in [4.78, 5) is 93.5. The van der Waals surface area contributed by atoms with E-state index < -0.39 is 48.7 Å². The zero-order valence-corrected chi connectivity index (χ0v) is 51.1. The van der Waals surface area contributed by atoms with E-state index in [1.165, 1.54) is 25.0 Å². The van der Waals surface area contributed by atoms with Gasteiger partial charge < -0.3 is 14.4 Å². The maximum atomic E-state index is 12.9. The monoisotopic (exact) mass is 1150 g/mol. The summed E-state index contributed by atoms with van der Waals surface area (Å²) in [5.41, 5.74) is -2.47. The Kier molecular flexibility index (Phi) is 15.9. The first kappa shape index (κ1) is 62.2. The Balaban J connectivity index is 0.000000156. The molecule has 4 fully saturated rings. The molecule has 14 heteroatoms. The Morgan fingerprint density at radius 1 is 0.540 bits per heavy atom. The lowest BCUT2D eigenvalue weighted by Crippen LogP contribution is -2.53. The molecular formula is C73H68N8O6. The molecule has 9 atom stereocenters. The fourth-order valence-electron chi connectivity index (χ4n) is 16.8. The molecule has 0 N–H and O–H groups in total. The molecular weight excluding hydrogens is 1080 g/mol. The number of carbonyl (C=O) groups is 6. The molecule has 436 valence electrons. The first-order chi connectivity index (χ1) is 41.0. The summed E-state index contributed by atoms with van der Waals surface area (Å²) in [5.74, 6) is 17.9. The first-order valence-corrected chi connectivity index (χ1v) is 29.6. The van der Waals surface area contributed by atoms with E-state index in [1.54, 1.807) is 55.7 Å². The molecule has 14 nitrogen and oxygen atoms in total. The van der Waals surface area contributed by atoms with Crippen LogP contribution in [0.1, 0.15) is 127 Å². The third kappa shape index (κ3) is 9.91. The molecule has 9 unspecified atom stereocenters. The highest BCUT2D eigenvalue weighted by Crippen LogP contribution is 2.67. The molecule has 0 amide bonds. The van der Waals surface area contributed by atoms with E-state index in [1.807, 2.05) is 86.6 Å². The van der Waals surface area contributed by atoms with Gasteiger partial charge in [0.1, 0.15) is 18.2 Å². The lowest BCUT2D eigenvalue weighted by atomic mass is 9.46. The van der Waals surface area contributed by atoms with Crippen molar-refractivity contribution in [3.05, 3.63) is 152 Å². The highest BCUT2D eigenvalue weighted by Gasteiger charge is 2.63. The van der Waals surface area contributed by atoms with E-state index in [-0.39, 0.29) is 86.3 Å². The molecule has 87 heavy (non-hydrogen) atoms. The van der Waals surface area contributed by atoms with Gasteiger partial charge in [-0.3, -0.25) is 24.3 Å². The van der Waals surface area contributed by atoms with Crippen molar-refractivity contribution >= 4 is 40.4 Å². The molecule has 0 spiro atoms. The van der Waals surface area contributed by atoms with Gasteiger partial charge in [0.2, 0.25) is 17.1 Å². The molecule has 11 aliphatic rings. The second-order valence-corrected chi connectivity index (χ2v) is 27.0. The molecule has 0 aromatic rings. The third-order valence-electron chi connectivity index (χ3n) is 21.0. The predicted molar refractivity (Wildman–Crippen MR) is 326 cm³/mol. The van der Waals surface area contributed by atoms with Gasteiger partial charge in [-0.2, -0.15) is 15.8 Å². The minimum atomic E-state index is -0.796. The minimum absolute atomic E-state index is 0.0316. The van der Waals surface area contributed by atoms with Crippen LogP contribution in [0.4, 0.5) is 0 Å². The van der Waals surface area contributed by atoms with Gasteiger partial charge in [-0.05, 0) is 148 Å².